The van der Waals surface area contributed by atoms with Gasteiger partial charge in [-0.3, -0.25) is 14.5 Å². The van der Waals surface area contributed by atoms with Crippen molar-refractivity contribution in [3.05, 3.63) is 29.3 Å². The highest BCUT2D eigenvalue weighted by molar-refractivity contribution is 6.02. The molecule has 1 heterocycles. The Morgan fingerprint density at radius 2 is 1.90 bits per heavy atom. The topological polar surface area (TPSA) is 86.9 Å². The molecule has 1 aliphatic heterocycles. The molecule has 0 unspecified atom stereocenters. The summed E-state index contributed by atoms with van der Waals surface area (Å²) in [6, 6.07) is 4.20. The Kier molecular flexibility index (Phi) is 4.36. The zero-order valence-corrected chi connectivity index (χ0v) is 11.5. The molecular formula is C14H19N3O3. The number of hydrogen-bond donors (Lipinski definition) is 2. The van der Waals surface area contributed by atoms with Gasteiger partial charge >= 0.3 is 0 Å². The molecule has 0 atom stereocenters. The van der Waals surface area contributed by atoms with E-state index in [1.54, 1.807) is 0 Å². The van der Waals surface area contributed by atoms with E-state index in [0.717, 1.165) is 26.2 Å². The Morgan fingerprint density at radius 1 is 1.25 bits per heavy atom. The predicted octanol–water partition coefficient (Wildman–Crippen LogP) is -0.0788. The van der Waals surface area contributed by atoms with E-state index in [1.165, 1.54) is 18.2 Å². The number of amides is 1. The van der Waals surface area contributed by atoms with Crippen LogP contribution in [0.4, 0.5) is 0 Å². The highest BCUT2D eigenvalue weighted by atomic mass is 16.3. The van der Waals surface area contributed by atoms with E-state index in [9.17, 15) is 14.7 Å². The lowest BCUT2D eigenvalue weighted by molar-refractivity contribution is 0.0876. The summed E-state index contributed by atoms with van der Waals surface area (Å²) in [5.74, 6) is -1.01. The van der Waals surface area contributed by atoms with E-state index < -0.39 is 5.91 Å². The Hall–Kier alpha value is -1.92. The number of hydrogen-bond acceptors (Lipinski definition) is 5. The van der Waals surface area contributed by atoms with Gasteiger partial charge < -0.3 is 15.7 Å². The van der Waals surface area contributed by atoms with Gasteiger partial charge in [0, 0.05) is 31.7 Å². The van der Waals surface area contributed by atoms with E-state index in [1.807, 2.05) is 0 Å². The Bertz CT molecular complexity index is 522. The molecular weight excluding hydrogens is 258 g/mol. The summed E-state index contributed by atoms with van der Waals surface area (Å²) in [5.41, 5.74) is 5.54. The third-order valence-electron chi connectivity index (χ3n) is 3.55. The van der Waals surface area contributed by atoms with E-state index in [4.69, 9.17) is 5.73 Å². The summed E-state index contributed by atoms with van der Waals surface area (Å²) in [6.07, 6.45) is 0. The zero-order valence-electron chi connectivity index (χ0n) is 11.5. The number of piperazine rings is 1. The molecule has 108 valence electrons. The normalized spacial score (nSPS) is 17.1. The Labute approximate surface area is 117 Å². The summed E-state index contributed by atoms with van der Waals surface area (Å²) in [4.78, 5) is 27.6. The van der Waals surface area contributed by atoms with Crippen LogP contribution in [0.3, 0.4) is 0 Å². The maximum Gasteiger partial charge on any atom is 0.252 e. The van der Waals surface area contributed by atoms with Gasteiger partial charge in [0.1, 0.15) is 5.75 Å². The molecule has 1 saturated heterocycles. The fraction of sp³-hybridized carbons (Fsp3) is 0.429. The Morgan fingerprint density at radius 3 is 2.50 bits per heavy atom. The number of carbonyl (C=O) groups excluding carboxylic acids is 2. The SMILES string of the molecule is CN1CCN(CC(=O)c2ccc(O)c(C(N)=O)c2)CC1. The molecule has 0 saturated carbocycles. The molecule has 0 radical (unpaired) electrons. The van der Waals surface area contributed by atoms with Gasteiger partial charge in [0.15, 0.2) is 5.78 Å². The molecule has 0 spiro atoms. The fourth-order valence-corrected chi connectivity index (χ4v) is 2.21. The summed E-state index contributed by atoms with van der Waals surface area (Å²) in [6.45, 7) is 3.90. The number of rotatable bonds is 4. The minimum absolute atomic E-state index is 0.0192. The molecule has 1 amide bonds. The minimum atomic E-state index is -0.739. The van der Waals surface area contributed by atoms with E-state index >= 15 is 0 Å². The standard InChI is InChI=1S/C14H19N3O3/c1-16-4-6-17(7-5-16)9-13(19)10-2-3-12(18)11(8-10)14(15)20/h2-3,8,18H,4-7,9H2,1H3,(H2,15,20). The van der Waals surface area contributed by atoms with Gasteiger partial charge in [-0.25, -0.2) is 0 Å². The smallest absolute Gasteiger partial charge is 0.252 e. The van der Waals surface area contributed by atoms with E-state index in [2.05, 4.69) is 16.8 Å². The largest absolute Gasteiger partial charge is 0.507 e. The summed E-state index contributed by atoms with van der Waals surface area (Å²) < 4.78 is 0. The van der Waals surface area contributed by atoms with Crippen molar-refractivity contribution in [2.75, 3.05) is 39.8 Å². The number of likely N-dealkylation sites (N-methyl/N-ethyl adjacent to an activating group) is 1. The van der Waals surface area contributed by atoms with Crippen LogP contribution in [-0.2, 0) is 0 Å². The van der Waals surface area contributed by atoms with Crippen molar-refractivity contribution >= 4 is 11.7 Å². The highest BCUT2D eigenvalue weighted by Crippen LogP contribution is 2.18. The van der Waals surface area contributed by atoms with Crippen LogP contribution in [0.15, 0.2) is 18.2 Å². The second-order valence-electron chi connectivity index (χ2n) is 5.10. The molecule has 1 aromatic carbocycles. The second-order valence-corrected chi connectivity index (χ2v) is 5.10. The van der Waals surface area contributed by atoms with Gasteiger partial charge in [-0.2, -0.15) is 0 Å². The molecule has 2 rings (SSSR count). The third kappa shape index (κ3) is 3.34. The monoisotopic (exact) mass is 277 g/mol. The summed E-state index contributed by atoms with van der Waals surface area (Å²) in [7, 11) is 2.05. The number of nitrogens with zero attached hydrogens (tertiary/aromatic N) is 2. The molecule has 3 N–H and O–H groups in total. The highest BCUT2D eigenvalue weighted by Gasteiger charge is 2.18. The maximum atomic E-state index is 12.2. The number of carbonyl (C=O) groups is 2. The van der Waals surface area contributed by atoms with Crippen molar-refractivity contribution in [2.24, 2.45) is 5.73 Å². The fourth-order valence-electron chi connectivity index (χ4n) is 2.21. The van der Waals surface area contributed by atoms with Crippen molar-refractivity contribution in [2.45, 2.75) is 0 Å². The molecule has 1 fully saturated rings. The third-order valence-corrected chi connectivity index (χ3v) is 3.55. The number of Topliss-reactive ketones (excluding diaryl/α,β-unsaturated/α-hetero) is 1. The van der Waals surface area contributed by atoms with Crippen LogP contribution >= 0.6 is 0 Å². The molecule has 20 heavy (non-hydrogen) atoms. The number of nitrogens with two attached hydrogens (primary N) is 1. The first-order chi connectivity index (χ1) is 9.47. The lowest BCUT2D eigenvalue weighted by Crippen LogP contribution is -2.46. The molecule has 1 aliphatic rings. The van der Waals surface area contributed by atoms with Crippen LogP contribution in [-0.4, -0.2) is 66.4 Å². The van der Waals surface area contributed by atoms with Gasteiger partial charge in [-0.1, -0.05) is 0 Å². The lowest BCUT2D eigenvalue weighted by atomic mass is 10.1. The molecule has 0 aliphatic carbocycles. The van der Waals surface area contributed by atoms with Crippen molar-refractivity contribution in [1.82, 2.24) is 9.80 Å². The van der Waals surface area contributed by atoms with E-state index in [-0.39, 0.29) is 17.1 Å². The molecule has 6 nitrogen and oxygen atoms in total. The first kappa shape index (κ1) is 14.5. The predicted molar refractivity (Wildman–Crippen MR) is 74.9 cm³/mol. The number of benzene rings is 1. The van der Waals surface area contributed by atoms with Crippen molar-refractivity contribution in [1.29, 1.82) is 0 Å². The van der Waals surface area contributed by atoms with Crippen LogP contribution in [0.1, 0.15) is 20.7 Å². The van der Waals surface area contributed by atoms with Crippen molar-refractivity contribution < 1.29 is 14.7 Å². The first-order valence-corrected chi connectivity index (χ1v) is 6.54. The minimum Gasteiger partial charge on any atom is -0.507 e. The average molecular weight is 277 g/mol. The quantitative estimate of drug-likeness (QED) is 0.752. The number of ketones is 1. The zero-order chi connectivity index (χ0) is 14.7. The molecule has 0 bridgehead atoms. The van der Waals surface area contributed by atoms with Crippen molar-refractivity contribution in [3.8, 4) is 5.75 Å². The molecule has 0 aromatic heterocycles. The maximum absolute atomic E-state index is 12.2. The van der Waals surface area contributed by atoms with Gasteiger partial charge in [0.25, 0.3) is 5.91 Å². The Balaban J connectivity index is 2.06. The number of phenols is 1. The number of primary amides is 1. The summed E-state index contributed by atoms with van der Waals surface area (Å²) in [5, 5.41) is 9.51. The molecule has 6 heteroatoms. The first-order valence-electron chi connectivity index (χ1n) is 6.54. The van der Waals surface area contributed by atoms with Gasteiger partial charge in [0.2, 0.25) is 0 Å². The van der Waals surface area contributed by atoms with Crippen LogP contribution in [0.2, 0.25) is 0 Å². The van der Waals surface area contributed by atoms with Gasteiger partial charge in [0.05, 0.1) is 12.1 Å². The molecule has 1 aromatic rings. The number of aromatic hydroxyl groups is 1. The second kappa shape index (κ2) is 6.02. The van der Waals surface area contributed by atoms with Crippen molar-refractivity contribution in [3.63, 3.8) is 0 Å². The van der Waals surface area contributed by atoms with Crippen LogP contribution in [0.5, 0.6) is 5.75 Å². The van der Waals surface area contributed by atoms with Crippen LogP contribution < -0.4 is 5.73 Å². The van der Waals surface area contributed by atoms with Gasteiger partial charge in [-0.05, 0) is 25.2 Å². The summed E-state index contributed by atoms with van der Waals surface area (Å²) >= 11 is 0. The lowest BCUT2D eigenvalue weighted by Gasteiger charge is -2.31. The van der Waals surface area contributed by atoms with E-state index in [0.29, 0.717) is 12.1 Å². The van der Waals surface area contributed by atoms with Crippen LogP contribution in [0.25, 0.3) is 0 Å². The van der Waals surface area contributed by atoms with Gasteiger partial charge in [-0.15, -0.1) is 0 Å². The average Bonchev–Trinajstić information content (AvgIpc) is 2.41. The van der Waals surface area contributed by atoms with Crippen LogP contribution in [0, 0.1) is 0 Å².